The van der Waals surface area contributed by atoms with Crippen LogP contribution < -0.4 is 10.6 Å². The van der Waals surface area contributed by atoms with Crippen LogP contribution >= 0.6 is 0 Å². The summed E-state index contributed by atoms with van der Waals surface area (Å²) in [5, 5.41) is 0. The Morgan fingerprint density at radius 3 is 2.44 bits per heavy atom. The number of amides is 1. The number of nitrogens with zero attached hydrogens (tertiary/aromatic N) is 3. The number of hydrogen-bond acceptors (Lipinski definition) is 4. The number of nitrogens with two attached hydrogens (primary N) is 1. The monoisotopic (exact) mass is 384 g/mol. The number of halogens is 3. The van der Waals surface area contributed by atoms with Crippen LogP contribution in [-0.4, -0.2) is 48.0 Å². The molecule has 1 aliphatic heterocycles. The number of carbonyl (C=O) groups is 1. The van der Waals surface area contributed by atoms with E-state index in [1.54, 1.807) is 0 Å². The predicted molar refractivity (Wildman–Crippen MR) is 97.1 cm³/mol. The summed E-state index contributed by atoms with van der Waals surface area (Å²) < 4.78 is 38.7. The highest BCUT2D eigenvalue weighted by Crippen LogP contribution is 2.45. The van der Waals surface area contributed by atoms with Crippen molar-refractivity contribution < 1.29 is 18.0 Å². The molecule has 1 aliphatic carbocycles. The summed E-state index contributed by atoms with van der Waals surface area (Å²) in [7, 11) is 0. The first-order valence-corrected chi connectivity index (χ1v) is 9.45. The second-order valence-electron chi connectivity index (χ2n) is 8.02. The number of carbonyl (C=O) groups excluding carboxylic acids is 1. The number of rotatable bonds is 3. The van der Waals surface area contributed by atoms with E-state index in [0.29, 0.717) is 38.3 Å². The van der Waals surface area contributed by atoms with E-state index >= 15 is 0 Å². The van der Waals surface area contributed by atoms with E-state index in [9.17, 15) is 18.0 Å². The average Bonchev–Trinajstić information content (AvgIpc) is 3.04. The molecule has 150 valence electrons. The minimum absolute atomic E-state index is 0.0637. The SMILES string of the molecule is CC(C)[C@]1(C(=O)N2CCN(c3cncc(C(F)(F)F)c3)CC2)CC[C@@H](N)C1. The van der Waals surface area contributed by atoms with Crippen molar-refractivity contribution in [2.24, 2.45) is 17.1 Å². The van der Waals surface area contributed by atoms with Crippen LogP contribution in [0.4, 0.5) is 18.9 Å². The standard InChI is InChI=1S/C19H27F3N4O/c1-13(2)18(4-3-15(23)10-18)17(27)26-7-5-25(6-8-26)16-9-14(11-24-12-16)19(20,21)22/h9,11-13,15H,3-8,10,23H2,1-2H3/t15-,18+/m1/s1. The highest BCUT2D eigenvalue weighted by molar-refractivity contribution is 5.83. The molecule has 1 aromatic heterocycles. The van der Waals surface area contributed by atoms with Crippen LogP contribution in [0.2, 0.25) is 0 Å². The first-order chi connectivity index (χ1) is 12.6. The summed E-state index contributed by atoms with van der Waals surface area (Å²) in [6.45, 7) is 6.13. The fourth-order valence-corrected chi connectivity index (χ4v) is 4.32. The van der Waals surface area contributed by atoms with Crippen molar-refractivity contribution in [1.82, 2.24) is 9.88 Å². The van der Waals surface area contributed by atoms with Gasteiger partial charge >= 0.3 is 6.18 Å². The lowest BCUT2D eigenvalue weighted by atomic mass is 9.74. The lowest BCUT2D eigenvalue weighted by Crippen LogP contribution is -2.54. The van der Waals surface area contributed by atoms with Gasteiger partial charge < -0.3 is 15.5 Å². The molecule has 2 N–H and O–H groups in total. The number of piperazine rings is 1. The highest BCUT2D eigenvalue weighted by Gasteiger charge is 2.48. The molecule has 2 atom stereocenters. The predicted octanol–water partition coefficient (Wildman–Crippen LogP) is 2.90. The number of hydrogen-bond donors (Lipinski definition) is 1. The molecule has 0 unspecified atom stereocenters. The van der Waals surface area contributed by atoms with E-state index in [0.717, 1.165) is 25.1 Å². The lowest BCUT2D eigenvalue weighted by molar-refractivity contribution is -0.145. The van der Waals surface area contributed by atoms with Crippen LogP contribution in [0.1, 0.15) is 38.7 Å². The molecule has 1 aromatic rings. The largest absolute Gasteiger partial charge is 0.417 e. The third-order valence-electron chi connectivity index (χ3n) is 6.10. The van der Waals surface area contributed by atoms with E-state index < -0.39 is 17.2 Å². The third-order valence-corrected chi connectivity index (χ3v) is 6.10. The minimum Gasteiger partial charge on any atom is -0.367 e. The van der Waals surface area contributed by atoms with E-state index in [2.05, 4.69) is 18.8 Å². The van der Waals surface area contributed by atoms with Gasteiger partial charge in [0.1, 0.15) is 0 Å². The third kappa shape index (κ3) is 3.90. The van der Waals surface area contributed by atoms with Crippen molar-refractivity contribution in [2.45, 2.75) is 45.3 Å². The summed E-state index contributed by atoms with van der Waals surface area (Å²) in [5.74, 6) is 0.358. The zero-order chi connectivity index (χ0) is 19.8. The van der Waals surface area contributed by atoms with E-state index in [1.807, 2.05) is 9.80 Å². The molecule has 1 saturated carbocycles. The van der Waals surface area contributed by atoms with Gasteiger partial charge in [-0.1, -0.05) is 13.8 Å². The average molecular weight is 384 g/mol. The van der Waals surface area contributed by atoms with Gasteiger partial charge in [-0.15, -0.1) is 0 Å². The zero-order valence-corrected chi connectivity index (χ0v) is 15.8. The molecule has 0 spiro atoms. The molecule has 0 bridgehead atoms. The van der Waals surface area contributed by atoms with Crippen LogP contribution in [0.5, 0.6) is 0 Å². The van der Waals surface area contributed by atoms with Crippen LogP contribution in [0, 0.1) is 11.3 Å². The van der Waals surface area contributed by atoms with Gasteiger partial charge in [-0.05, 0) is 31.2 Å². The first-order valence-electron chi connectivity index (χ1n) is 9.45. The molecule has 0 radical (unpaired) electrons. The van der Waals surface area contributed by atoms with Gasteiger partial charge in [0.05, 0.1) is 22.9 Å². The summed E-state index contributed by atoms with van der Waals surface area (Å²) in [6, 6.07) is 1.18. The van der Waals surface area contributed by atoms with E-state index in [4.69, 9.17) is 5.73 Å². The van der Waals surface area contributed by atoms with Gasteiger partial charge in [0, 0.05) is 38.4 Å². The quantitative estimate of drug-likeness (QED) is 0.871. The van der Waals surface area contributed by atoms with Crippen LogP contribution in [0.15, 0.2) is 18.5 Å². The highest BCUT2D eigenvalue weighted by atomic mass is 19.4. The molecule has 27 heavy (non-hydrogen) atoms. The van der Waals surface area contributed by atoms with Gasteiger partial charge in [-0.25, -0.2) is 0 Å². The number of aromatic nitrogens is 1. The van der Waals surface area contributed by atoms with Crippen LogP contribution in [0.25, 0.3) is 0 Å². The molecule has 5 nitrogen and oxygen atoms in total. The van der Waals surface area contributed by atoms with Gasteiger partial charge in [0.15, 0.2) is 0 Å². The molecule has 2 aliphatic rings. The molecule has 2 heterocycles. The van der Waals surface area contributed by atoms with Gasteiger partial charge in [0.2, 0.25) is 5.91 Å². The van der Waals surface area contributed by atoms with Crippen molar-refractivity contribution in [1.29, 1.82) is 0 Å². The fourth-order valence-electron chi connectivity index (χ4n) is 4.32. The van der Waals surface area contributed by atoms with Gasteiger partial charge in [0.25, 0.3) is 0 Å². The Morgan fingerprint density at radius 2 is 1.93 bits per heavy atom. The Labute approximate surface area is 157 Å². The fraction of sp³-hybridized carbons (Fsp3) is 0.684. The van der Waals surface area contributed by atoms with E-state index in [1.165, 1.54) is 6.20 Å². The van der Waals surface area contributed by atoms with Gasteiger partial charge in [-0.2, -0.15) is 13.2 Å². The summed E-state index contributed by atoms with van der Waals surface area (Å²) in [6.07, 6.45) is 0.243. The maximum Gasteiger partial charge on any atom is 0.417 e. The molecule has 3 rings (SSSR count). The molecule has 8 heteroatoms. The molecule has 2 fully saturated rings. The topological polar surface area (TPSA) is 62.5 Å². The van der Waals surface area contributed by atoms with Crippen molar-refractivity contribution in [3.8, 4) is 0 Å². The number of pyridine rings is 1. The smallest absolute Gasteiger partial charge is 0.367 e. The first kappa shape index (κ1) is 19.9. The Bertz CT molecular complexity index is 686. The molecule has 1 amide bonds. The van der Waals surface area contributed by atoms with Crippen LogP contribution in [0.3, 0.4) is 0 Å². The summed E-state index contributed by atoms with van der Waals surface area (Å²) in [4.78, 5) is 20.7. The second kappa shape index (κ2) is 7.30. The number of alkyl halides is 3. The molecule has 1 saturated heterocycles. The second-order valence-corrected chi connectivity index (χ2v) is 8.02. The van der Waals surface area contributed by atoms with Crippen molar-refractivity contribution >= 4 is 11.6 Å². The van der Waals surface area contributed by atoms with Crippen molar-refractivity contribution in [2.75, 3.05) is 31.1 Å². The maximum absolute atomic E-state index is 13.2. The number of anilines is 1. The molecular formula is C19H27F3N4O. The lowest BCUT2D eigenvalue weighted by Gasteiger charge is -2.42. The molecule has 0 aromatic carbocycles. The zero-order valence-electron chi connectivity index (χ0n) is 15.8. The summed E-state index contributed by atoms with van der Waals surface area (Å²) >= 11 is 0. The van der Waals surface area contributed by atoms with Crippen molar-refractivity contribution in [3.05, 3.63) is 24.0 Å². The van der Waals surface area contributed by atoms with Gasteiger partial charge in [-0.3, -0.25) is 9.78 Å². The summed E-state index contributed by atoms with van der Waals surface area (Å²) in [5.41, 5.74) is 5.37. The minimum atomic E-state index is -4.41. The van der Waals surface area contributed by atoms with E-state index in [-0.39, 0.29) is 17.9 Å². The Balaban J connectivity index is 1.68. The Morgan fingerprint density at radius 1 is 1.26 bits per heavy atom. The van der Waals surface area contributed by atoms with Crippen LogP contribution in [-0.2, 0) is 11.0 Å². The Kier molecular flexibility index (Phi) is 5.38. The maximum atomic E-state index is 13.2. The Hall–Kier alpha value is -1.83. The normalized spacial score (nSPS) is 26.7. The van der Waals surface area contributed by atoms with Crippen molar-refractivity contribution in [3.63, 3.8) is 0 Å². The molecular weight excluding hydrogens is 357 g/mol.